The SMILES string of the molecule is CN1CCC(CN(C)C(=NC2CC2)NN)CC1. The topological polar surface area (TPSA) is 56.9 Å². The summed E-state index contributed by atoms with van der Waals surface area (Å²) in [6.07, 6.45) is 4.99. The smallest absolute Gasteiger partial charge is 0.208 e. The zero-order chi connectivity index (χ0) is 12.3. The van der Waals surface area contributed by atoms with Crippen LogP contribution in [-0.4, -0.2) is 55.5 Å². The van der Waals surface area contributed by atoms with E-state index in [-0.39, 0.29) is 0 Å². The molecule has 3 N–H and O–H groups in total. The number of rotatable bonds is 3. The molecule has 1 heterocycles. The first-order valence-electron chi connectivity index (χ1n) is 6.63. The summed E-state index contributed by atoms with van der Waals surface area (Å²) < 4.78 is 0. The number of nitrogens with zero attached hydrogens (tertiary/aromatic N) is 3. The van der Waals surface area contributed by atoms with E-state index < -0.39 is 0 Å². The highest BCUT2D eigenvalue weighted by atomic mass is 15.4. The number of hydrazine groups is 1. The summed E-state index contributed by atoms with van der Waals surface area (Å²) in [5.74, 6) is 7.17. The van der Waals surface area contributed by atoms with Crippen LogP contribution in [0.3, 0.4) is 0 Å². The molecule has 1 saturated carbocycles. The fourth-order valence-corrected chi connectivity index (χ4v) is 2.34. The first-order chi connectivity index (χ1) is 8.19. The third-order valence-electron chi connectivity index (χ3n) is 3.71. The summed E-state index contributed by atoms with van der Waals surface area (Å²) in [7, 11) is 4.28. The molecule has 98 valence electrons. The number of hydrogen-bond acceptors (Lipinski definition) is 3. The lowest BCUT2D eigenvalue weighted by Crippen LogP contribution is -2.46. The third kappa shape index (κ3) is 3.85. The highest BCUT2D eigenvalue weighted by molar-refractivity contribution is 5.79. The van der Waals surface area contributed by atoms with Crippen LogP contribution in [-0.2, 0) is 0 Å². The van der Waals surface area contributed by atoms with Gasteiger partial charge in [-0.2, -0.15) is 0 Å². The number of piperidine rings is 1. The van der Waals surface area contributed by atoms with Crippen molar-refractivity contribution in [3.63, 3.8) is 0 Å². The van der Waals surface area contributed by atoms with Gasteiger partial charge in [-0.05, 0) is 51.7 Å². The summed E-state index contributed by atoms with van der Waals surface area (Å²) in [6.45, 7) is 3.48. The van der Waals surface area contributed by atoms with E-state index in [2.05, 4.69) is 34.3 Å². The Bertz CT molecular complexity index is 266. The van der Waals surface area contributed by atoms with Crippen LogP contribution >= 0.6 is 0 Å². The molecule has 0 atom stereocenters. The fourth-order valence-electron chi connectivity index (χ4n) is 2.34. The molecule has 2 rings (SSSR count). The zero-order valence-electron chi connectivity index (χ0n) is 11.0. The first-order valence-corrected chi connectivity index (χ1v) is 6.63. The van der Waals surface area contributed by atoms with E-state index in [1.807, 2.05) is 0 Å². The summed E-state index contributed by atoms with van der Waals surface area (Å²) in [6, 6.07) is 0.515. The van der Waals surface area contributed by atoms with Gasteiger partial charge in [0, 0.05) is 13.6 Å². The lowest BCUT2D eigenvalue weighted by molar-refractivity contribution is 0.199. The molecule has 0 amide bonds. The Labute approximate surface area is 104 Å². The minimum Gasteiger partial charge on any atom is -0.345 e. The second kappa shape index (κ2) is 5.69. The summed E-state index contributed by atoms with van der Waals surface area (Å²) >= 11 is 0. The van der Waals surface area contributed by atoms with Gasteiger partial charge >= 0.3 is 0 Å². The highest BCUT2D eigenvalue weighted by Gasteiger charge is 2.23. The lowest BCUT2D eigenvalue weighted by Gasteiger charge is -2.32. The van der Waals surface area contributed by atoms with Gasteiger partial charge in [0.2, 0.25) is 5.96 Å². The maximum Gasteiger partial charge on any atom is 0.208 e. The Balaban J connectivity index is 1.80. The average molecular weight is 239 g/mol. The number of hydrogen-bond donors (Lipinski definition) is 2. The molecule has 5 nitrogen and oxygen atoms in total. The number of nitrogens with one attached hydrogen (secondary N) is 1. The predicted octanol–water partition coefficient (Wildman–Crippen LogP) is 0.242. The van der Waals surface area contributed by atoms with Crippen LogP contribution in [0.1, 0.15) is 25.7 Å². The summed E-state index contributed by atoms with van der Waals surface area (Å²) in [5, 5.41) is 0. The standard InChI is InChI=1S/C12H25N5/c1-16-7-5-10(6-8-16)9-17(2)12(15-13)14-11-3-4-11/h10-11H,3-9,13H2,1-2H3,(H,14,15). The first kappa shape index (κ1) is 12.6. The quantitative estimate of drug-likeness (QED) is 0.321. The van der Waals surface area contributed by atoms with Crippen molar-refractivity contribution in [1.29, 1.82) is 0 Å². The van der Waals surface area contributed by atoms with Gasteiger partial charge in [0.25, 0.3) is 0 Å². The highest BCUT2D eigenvalue weighted by Crippen LogP contribution is 2.24. The molecular weight excluding hydrogens is 214 g/mol. The van der Waals surface area contributed by atoms with Gasteiger partial charge in [0.05, 0.1) is 6.04 Å². The zero-order valence-corrected chi connectivity index (χ0v) is 11.0. The normalized spacial score (nSPS) is 23.8. The number of nitrogens with two attached hydrogens (primary N) is 1. The van der Waals surface area contributed by atoms with Crippen molar-refractivity contribution in [3.05, 3.63) is 0 Å². The molecule has 0 bridgehead atoms. The molecule has 2 aliphatic rings. The maximum absolute atomic E-state index is 5.55. The summed E-state index contributed by atoms with van der Waals surface area (Å²) in [4.78, 5) is 9.16. The van der Waals surface area contributed by atoms with E-state index in [0.717, 1.165) is 18.4 Å². The Kier molecular flexibility index (Phi) is 4.23. The van der Waals surface area contributed by atoms with Crippen molar-refractivity contribution in [2.45, 2.75) is 31.7 Å². The Morgan fingerprint density at radius 3 is 2.53 bits per heavy atom. The van der Waals surface area contributed by atoms with E-state index in [4.69, 9.17) is 5.84 Å². The third-order valence-corrected chi connectivity index (χ3v) is 3.71. The van der Waals surface area contributed by atoms with Gasteiger partial charge in [0.1, 0.15) is 0 Å². The van der Waals surface area contributed by atoms with Crippen LogP contribution in [0.5, 0.6) is 0 Å². The Morgan fingerprint density at radius 1 is 1.35 bits per heavy atom. The van der Waals surface area contributed by atoms with Crippen LogP contribution in [0, 0.1) is 5.92 Å². The molecular formula is C12H25N5. The van der Waals surface area contributed by atoms with Gasteiger partial charge in [-0.3, -0.25) is 5.43 Å². The second-order valence-electron chi connectivity index (χ2n) is 5.46. The molecule has 1 saturated heterocycles. The molecule has 2 fully saturated rings. The van der Waals surface area contributed by atoms with Crippen molar-refractivity contribution in [3.8, 4) is 0 Å². The molecule has 0 spiro atoms. The minimum absolute atomic E-state index is 0.515. The molecule has 17 heavy (non-hydrogen) atoms. The maximum atomic E-state index is 5.55. The van der Waals surface area contributed by atoms with Crippen molar-refractivity contribution in [1.82, 2.24) is 15.2 Å². The van der Waals surface area contributed by atoms with Crippen molar-refractivity contribution < 1.29 is 0 Å². The Morgan fingerprint density at radius 2 is 2.00 bits per heavy atom. The van der Waals surface area contributed by atoms with Gasteiger partial charge in [-0.1, -0.05) is 0 Å². The largest absolute Gasteiger partial charge is 0.345 e. The van der Waals surface area contributed by atoms with Crippen molar-refractivity contribution >= 4 is 5.96 Å². The summed E-state index contributed by atoms with van der Waals surface area (Å²) in [5.41, 5.74) is 2.74. The average Bonchev–Trinajstić information content (AvgIpc) is 3.13. The van der Waals surface area contributed by atoms with Gasteiger partial charge in [0.15, 0.2) is 0 Å². The molecule has 5 heteroatoms. The van der Waals surface area contributed by atoms with Crippen molar-refractivity contribution in [2.75, 3.05) is 33.7 Å². The number of likely N-dealkylation sites (tertiary alicyclic amines) is 1. The molecule has 0 unspecified atom stereocenters. The molecule has 0 aromatic rings. The van der Waals surface area contributed by atoms with E-state index in [1.165, 1.54) is 38.8 Å². The van der Waals surface area contributed by atoms with Crippen LogP contribution in [0.15, 0.2) is 4.99 Å². The van der Waals surface area contributed by atoms with Crippen LogP contribution < -0.4 is 11.3 Å². The van der Waals surface area contributed by atoms with E-state index in [9.17, 15) is 0 Å². The van der Waals surface area contributed by atoms with Crippen LogP contribution in [0.2, 0.25) is 0 Å². The van der Waals surface area contributed by atoms with Crippen molar-refractivity contribution in [2.24, 2.45) is 16.8 Å². The lowest BCUT2D eigenvalue weighted by atomic mass is 9.97. The van der Waals surface area contributed by atoms with E-state index in [0.29, 0.717) is 6.04 Å². The number of guanidine groups is 1. The second-order valence-corrected chi connectivity index (χ2v) is 5.46. The van der Waals surface area contributed by atoms with E-state index in [1.54, 1.807) is 0 Å². The number of aliphatic imine (C=N–C) groups is 1. The van der Waals surface area contributed by atoms with E-state index >= 15 is 0 Å². The Hall–Kier alpha value is -0.810. The fraction of sp³-hybridized carbons (Fsp3) is 0.917. The minimum atomic E-state index is 0.515. The molecule has 1 aliphatic heterocycles. The molecule has 0 aromatic carbocycles. The van der Waals surface area contributed by atoms with Gasteiger partial charge in [-0.25, -0.2) is 10.8 Å². The molecule has 1 aliphatic carbocycles. The molecule has 0 radical (unpaired) electrons. The van der Waals surface area contributed by atoms with Crippen LogP contribution in [0.4, 0.5) is 0 Å². The van der Waals surface area contributed by atoms with Crippen LogP contribution in [0.25, 0.3) is 0 Å². The van der Waals surface area contributed by atoms with Gasteiger partial charge in [-0.15, -0.1) is 0 Å². The monoisotopic (exact) mass is 239 g/mol. The van der Waals surface area contributed by atoms with Gasteiger partial charge < -0.3 is 9.80 Å². The molecule has 0 aromatic heterocycles. The predicted molar refractivity (Wildman–Crippen MR) is 70.6 cm³/mol.